The number of Topliss-reactive ketones (excluding diaryl/α,β-unsaturated/α-hetero) is 1. The van der Waals surface area contributed by atoms with Gasteiger partial charge in [-0.2, -0.15) is 4.72 Å². The van der Waals surface area contributed by atoms with E-state index in [-0.39, 0.29) is 35.4 Å². The molecule has 2 aliphatic rings. The van der Waals surface area contributed by atoms with Crippen LogP contribution in [0.2, 0.25) is 0 Å². The average Bonchev–Trinajstić information content (AvgIpc) is 3.20. The van der Waals surface area contributed by atoms with E-state index in [1.807, 2.05) is 12.1 Å². The van der Waals surface area contributed by atoms with Crippen molar-refractivity contribution in [1.29, 1.82) is 5.41 Å². The van der Waals surface area contributed by atoms with E-state index in [1.165, 1.54) is 18.2 Å². The molecule has 0 aliphatic carbocycles. The zero-order valence-electron chi connectivity index (χ0n) is 21.7. The lowest BCUT2D eigenvalue weighted by atomic mass is 9.98. The summed E-state index contributed by atoms with van der Waals surface area (Å²) in [6.07, 6.45) is 1.61. The van der Waals surface area contributed by atoms with Crippen molar-refractivity contribution in [2.24, 2.45) is 11.7 Å². The van der Waals surface area contributed by atoms with Crippen LogP contribution in [-0.2, 0) is 19.6 Å². The first-order valence-electron chi connectivity index (χ1n) is 13.0. The molecule has 0 aromatic heterocycles. The highest BCUT2D eigenvalue weighted by Crippen LogP contribution is 2.29. The number of para-hydroxylation sites is 1. The van der Waals surface area contributed by atoms with Crippen LogP contribution in [0.1, 0.15) is 23.2 Å². The number of piperidine rings is 1. The zero-order valence-corrected chi connectivity index (χ0v) is 22.5. The number of nitrogens with zero attached hydrogens (tertiary/aromatic N) is 2. The third-order valence-electron chi connectivity index (χ3n) is 7.31. The van der Waals surface area contributed by atoms with Crippen molar-refractivity contribution in [3.8, 4) is 0 Å². The van der Waals surface area contributed by atoms with E-state index in [0.717, 1.165) is 23.1 Å². The van der Waals surface area contributed by atoms with Gasteiger partial charge in [0.2, 0.25) is 15.9 Å². The third kappa shape index (κ3) is 5.54. The van der Waals surface area contributed by atoms with E-state index in [4.69, 9.17) is 11.1 Å². The average molecular weight is 563 g/mol. The van der Waals surface area contributed by atoms with Gasteiger partial charge in [-0.25, -0.2) is 8.42 Å². The number of carbonyl (C=O) groups excluding carboxylic acids is 3. The van der Waals surface area contributed by atoms with Crippen LogP contribution in [0.3, 0.4) is 0 Å². The Kier molecular flexibility index (Phi) is 7.55. The first-order chi connectivity index (χ1) is 19.1. The number of anilines is 1. The SMILES string of the molecule is N=C(N)N1CCC[C@@H](CNC(=O)[C@@H](CN2C(=O)C(=O)c3ccccc32)NS(=O)(=O)c2ccc3ccccc3c2)C1. The second kappa shape index (κ2) is 11.1. The Morgan fingerprint density at radius 3 is 2.55 bits per heavy atom. The van der Waals surface area contributed by atoms with Crippen LogP contribution in [0.15, 0.2) is 71.6 Å². The summed E-state index contributed by atoms with van der Waals surface area (Å²) < 4.78 is 29.4. The molecule has 0 unspecified atom stereocenters. The maximum absolute atomic E-state index is 13.5. The molecule has 40 heavy (non-hydrogen) atoms. The Hall–Kier alpha value is -4.29. The third-order valence-corrected chi connectivity index (χ3v) is 8.78. The molecule has 5 rings (SSSR count). The highest BCUT2D eigenvalue weighted by Gasteiger charge is 2.39. The first kappa shape index (κ1) is 27.3. The van der Waals surface area contributed by atoms with Crippen molar-refractivity contribution in [3.63, 3.8) is 0 Å². The van der Waals surface area contributed by atoms with Gasteiger partial charge in [-0.05, 0) is 53.8 Å². The predicted molar refractivity (Wildman–Crippen MR) is 150 cm³/mol. The summed E-state index contributed by atoms with van der Waals surface area (Å²) in [6, 6.07) is 17.0. The molecule has 2 aliphatic heterocycles. The second-order valence-electron chi connectivity index (χ2n) is 10.0. The Morgan fingerprint density at radius 2 is 1.77 bits per heavy atom. The molecule has 3 aromatic carbocycles. The minimum absolute atomic E-state index is 0.00932. The molecule has 0 saturated carbocycles. The van der Waals surface area contributed by atoms with Crippen molar-refractivity contribution >= 4 is 50.0 Å². The van der Waals surface area contributed by atoms with Gasteiger partial charge in [0.05, 0.1) is 22.7 Å². The van der Waals surface area contributed by atoms with Crippen molar-refractivity contribution in [2.45, 2.75) is 23.8 Å². The summed E-state index contributed by atoms with van der Waals surface area (Å²) in [7, 11) is -4.20. The Morgan fingerprint density at radius 1 is 1.05 bits per heavy atom. The molecule has 0 spiro atoms. The maximum Gasteiger partial charge on any atom is 0.299 e. The number of hydrogen-bond acceptors (Lipinski definition) is 6. The summed E-state index contributed by atoms with van der Waals surface area (Å²) in [6.45, 7) is 1.03. The Balaban J connectivity index is 1.39. The van der Waals surface area contributed by atoms with Crippen LogP contribution >= 0.6 is 0 Å². The maximum atomic E-state index is 13.5. The van der Waals surface area contributed by atoms with E-state index in [2.05, 4.69) is 10.0 Å². The number of fused-ring (bicyclic) bond motifs is 2. The molecule has 5 N–H and O–H groups in total. The van der Waals surface area contributed by atoms with Crippen LogP contribution in [0.5, 0.6) is 0 Å². The number of nitrogens with one attached hydrogen (secondary N) is 3. The Labute approximate surface area is 231 Å². The van der Waals surface area contributed by atoms with E-state index >= 15 is 0 Å². The van der Waals surface area contributed by atoms with Gasteiger partial charge in [0.1, 0.15) is 6.04 Å². The van der Waals surface area contributed by atoms with E-state index in [1.54, 1.807) is 41.3 Å². The van der Waals surface area contributed by atoms with Crippen molar-refractivity contribution in [3.05, 3.63) is 72.3 Å². The monoisotopic (exact) mass is 562 g/mol. The number of likely N-dealkylation sites (tertiary alicyclic amines) is 1. The second-order valence-corrected chi connectivity index (χ2v) is 11.7. The molecule has 12 heteroatoms. The first-order valence-corrected chi connectivity index (χ1v) is 14.5. The van der Waals surface area contributed by atoms with Crippen LogP contribution in [0.4, 0.5) is 5.69 Å². The van der Waals surface area contributed by atoms with Crippen LogP contribution in [-0.4, -0.2) is 69.1 Å². The number of sulfonamides is 1. The summed E-state index contributed by atoms with van der Waals surface area (Å²) in [5.74, 6) is -2.19. The number of ketones is 1. The number of carbonyl (C=O) groups is 3. The van der Waals surface area contributed by atoms with Gasteiger partial charge in [0.25, 0.3) is 11.7 Å². The van der Waals surface area contributed by atoms with Crippen LogP contribution in [0.25, 0.3) is 10.8 Å². The minimum Gasteiger partial charge on any atom is -0.370 e. The van der Waals surface area contributed by atoms with E-state index in [0.29, 0.717) is 24.2 Å². The lowest BCUT2D eigenvalue weighted by Gasteiger charge is -2.33. The van der Waals surface area contributed by atoms with Gasteiger partial charge in [0, 0.05) is 19.6 Å². The van der Waals surface area contributed by atoms with Gasteiger partial charge >= 0.3 is 0 Å². The zero-order chi connectivity index (χ0) is 28.4. The lowest BCUT2D eigenvalue weighted by Crippen LogP contribution is -2.54. The normalized spacial score (nSPS) is 18.1. The molecule has 2 amide bonds. The fourth-order valence-electron chi connectivity index (χ4n) is 5.19. The largest absolute Gasteiger partial charge is 0.370 e. The standard InChI is InChI=1S/C28H30N6O5S/c29-28(30)33-13-5-6-18(16-33)15-31-26(36)23(17-34-24-10-4-3-9-22(24)25(35)27(34)37)32-40(38,39)21-12-11-19-7-1-2-8-20(19)14-21/h1-4,7-12,14,18,23,32H,5-6,13,15-17H2,(H3,29,30)(H,31,36)/t18-,23+/m0/s1. The predicted octanol–water partition coefficient (Wildman–Crippen LogP) is 1.44. The van der Waals surface area contributed by atoms with Crippen molar-refractivity contribution in [2.75, 3.05) is 31.1 Å². The summed E-state index contributed by atoms with van der Waals surface area (Å²) >= 11 is 0. The topological polar surface area (TPSA) is 166 Å². The summed E-state index contributed by atoms with van der Waals surface area (Å²) in [4.78, 5) is 41.7. The molecule has 0 bridgehead atoms. The molecule has 208 valence electrons. The molecule has 2 atom stereocenters. The molecular formula is C28H30N6O5S. The van der Waals surface area contributed by atoms with Crippen LogP contribution in [0, 0.1) is 11.3 Å². The highest BCUT2D eigenvalue weighted by atomic mass is 32.2. The molecule has 1 saturated heterocycles. The summed E-state index contributed by atoms with van der Waals surface area (Å²) in [5, 5.41) is 12.1. The van der Waals surface area contributed by atoms with E-state index < -0.39 is 33.7 Å². The molecule has 1 fully saturated rings. The van der Waals surface area contributed by atoms with Crippen molar-refractivity contribution < 1.29 is 22.8 Å². The summed E-state index contributed by atoms with van der Waals surface area (Å²) in [5.41, 5.74) is 6.16. The highest BCUT2D eigenvalue weighted by molar-refractivity contribution is 7.89. The fourth-order valence-corrected chi connectivity index (χ4v) is 6.42. The minimum atomic E-state index is -4.20. The molecule has 2 heterocycles. The number of benzene rings is 3. The van der Waals surface area contributed by atoms with Gasteiger partial charge in [-0.3, -0.25) is 19.8 Å². The molecule has 0 radical (unpaired) electrons. The quantitative estimate of drug-likeness (QED) is 0.183. The van der Waals surface area contributed by atoms with Gasteiger partial charge in [-0.15, -0.1) is 0 Å². The number of nitrogens with two attached hydrogens (primary N) is 1. The van der Waals surface area contributed by atoms with Gasteiger partial charge in [0.15, 0.2) is 5.96 Å². The molecule has 11 nitrogen and oxygen atoms in total. The van der Waals surface area contributed by atoms with Gasteiger partial charge in [-0.1, -0.05) is 42.5 Å². The molecule has 3 aromatic rings. The van der Waals surface area contributed by atoms with Crippen molar-refractivity contribution in [1.82, 2.24) is 14.9 Å². The van der Waals surface area contributed by atoms with Gasteiger partial charge < -0.3 is 20.9 Å². The lowest BCUT2D eigenvalue weighted by molar-refractivity contribution is -0.122. The number of hydrogen-bond donors (Lipinski definition) is 4. The molecular weight excluding hydrogens is 532 g/mol. The van der Waals surface area contributed by atoms with Crippen LogP contribution < -0.4 is 20.7 Å². The smallest absolute Gasteiger partial charge is 0.299 e. The number of amides is 2. The number of guanidine groups is 1. The fraction of sp³-hybridized carbons (Fsp3) is 0.286. The van der Waals surface area contributed by atoms with E-state index in [9.17, 15) is 22.8 Å². The number of rotatable bonds is 8. The Bertz CT molecular complexity index is 1610.